The summed E-state index contributed by atoms with van der Waals surface area (Å²) >= 11 is 0. The van der Waals surface area contributed by atoms with Crippen molar-refractivity contribution in [2.24, 2.45) is 0 Å². The monoisotopic (exact) mass is 224 g/mol. The van der Waals surface area contributed by atoms with Gasteiger partial charge in [-0.1, -0.05) is 12.0 Å². The summed E-state index contributed by atoms with van der Waals surface area (Å²) in [6.45, 7) is 6.63. The highest BCUT2D eigenvalue weighted by Crippen LogP contribution is 2.14. The number of hydrogen-bond donors (Lipinski definition) is 0. The lowest BCUT2D eigenvalue weighted by atomic mass is 10.3. The van der Waals surface area contributed by atoms with Gasteiger partial charge < -0.3 is 14.2 Å². The fourth-order valence-corrected chi connectivity index (χ4v) is 1.78. The molecule has 1 aliphatic heterocycles. The van der Waals surface area contributed by atoms with Crippen LogP contribution in [0, 0.1) is 6.92 Å². The SMILES string of the molecule is CCC(=O)N1CCN(c2nnc(C)o2)CC1. The lowest BCUT2D eigenvalue weighted by Crippen LogP contribution is -2.48. The number of amides is 1. The lowest BCUT2D eigenvalue weighted by Gasteiger charge is -2.33. The average Bonchev–Trinajstić information content (AvgIpc) is 2.75. The third-order valence-electron chi connectivity index (χ3n) is 2.72. The summed E-state index contributed by atoms with van der Waals surface area (Å²) < 4.78 is 5.35. The van der Waals surface area contributed by atoms with Crippen molar-refractivity contribution in [3.8, 4) is 0 Å². The molecule has 0 spiro atoms. The van der Waals surface area contributed by atoms with Crippen LogP contribution >= 0.6 is 0 Å². The van der Waals surface area contributed by atoms with Crippen LogP contribution in [-0.4, -0.2) is 47.2 Å². The maximum atomic E-state index is 11.5. The van der Waals surface area contributed by atoms with Gasteiger partial charge in [-0.15, -0.1) is 5.10 Å². The molecule has 0 N–H and O–H groups in total. The average molecular weight is 224 g/mol. The fraction of sp³-hybridized carbons (Fsp3) is 0.700. The normalized spacial score (nSPS) is 16.6. The van der Waals surface area contributed by atoms with E-state index in [0.29, 0.717) is 18.3 Å². The molecule has 1 aromatic rings. The van der Waals surface area contributed by atoms with Crippen LogP contribution in [0.15, 0.2) is 4.42 Å². The molecule has 88 valence electrons. The minimum absolute atomic E-state index is 0.210. The number of piperazine rings is 1. The van der Waals surface area contributed by atoms with Gasteiger partial charge >= 0.3 is 6.01 Å². The molecular formula is C10H16N4O2. The Labute approximate surface area is 94.2 Å². The molecule has 0 aliphatic carbocycles. The van der Waals surface area contributed by atoms with Crippen molar-refractivity contribution in [2.75, 3.05) is 31.1 Å². The second-order valence-corrected chi connectivity index (χ2v) is 3.83. The predicted octanol–water partition coefficient (Wildman–Crippen LogP) is 0.437. The van der Waals surface area contributed by atoms with Crippen molar-refractivity contribution >= 4 is 11.9 Å². The summed E-state index contributed by atoms with van der Waals surface area (Å²) in [5, 5.41) is 7.76. The van der Waals surface area contributed by atoms with E-state index >= 15 is 0 Å². The van der Waals surface area contributed by atoms with Crippen LogP contribution in [0.1, 0.15) is 19.2 Å². The summed E-state index contributed by atoms with van der Waals surface area (Å²) in [5.74, 6) is 0.781. The molecule has 1 aliphatic rings. The van der Waals surface area contributed by atoms with Gasteiger partial charge in [0.15, 0.2) is 0 Å². The van der Waals surface area contributed by atoms with Crippen molar-refractivity contribution in [3.63, 3.8) is 0 Å². The first-order valence-electron chi connectivity index (χ1n) is 5.53. The Bertz CT molecular complexity index is 369. The van der Waals surface area contributed by atoms with E-state index in [9.17, 15) is 4.79 Å². The zero-order valence-electron chi connectivity index (χ0n) is 9.64. The van der Waals surface area contributed by atoms with Gasteiger partial charge in [-0.25, -0.2) is 0 Å². The molecule has 1 saturated heterocycles. The second kappa shape index (κ2) is 4.51. The molecule has 1 fully saturated rings. The standard InChI is InChI=1S/C10H16N4O2/c1-3-9(15)13-4-6-14(7-5-13)10-12-11-8(2)16-10/h3-7H2,1-2H3. The number of nitrogens with zero attached hydrogens (tertiary/aromatic N) is 4. The molecule has 0 bridgehead atoms. The smallest absolute Gasteiger partial charge is 0.318 e. The van der Waals surface area contributed by atoms with E-state index in [1.54, 1.807) is 6.92 Å². The minimum atomic E-state index is 0.210. The van der Waals surface area contributed by atoms with Crippen molar-refractivity contribution in [2.45, 2.75) is 20.3 Å². The van der Waals surface area contributed by atoms with Crippen LogP contribution in [0.2, 0.25) is 0 Å². The van der Waals surface area contributed by atoms with Crippen LogP contribution in [-0.2, 0) is 4.79 Å². The van der Waals surface area contributed by atoms with E-state index in [4.69, 9.17) is 4.42 Å². The number of anilines is 1. The zero-order valence-corrected chi connectivity index (χ0v) is 9.64. The minimum Gasteiger partial charge on any atom is -0.408 e. The van der Waals surface area contributed by atoms with E-state index in [2.05, 4.69) is 10.2 Å². The van der Waals surface area contributed by atoms with E-state index in [1.165, 1.54) is 0 Å². The van der Waals surface area contributed by atoms with E-state index in [1.807, 2.05) is 16.7 Å². The Morgan fingerprint density at radius 1 is 1.31 bits per heavy atom. The first-order chi connectivity index (χ1) is 7.70. The van der Waals surface area contributed by atoms with Crippen molar-refractivity contribution in [1.29, 1.82) is 0 Å². The molecule has 2 heterocycles. The Morgan fingerprint density at radius 3 is 2.50 bits per heavy atom. The Kier molecular flexibility index (Phi) is 3.07. The third kappa shape index (κ3) is 2.15. The van der Waals surface area contributed by atoms with Crippen LogP contribution < -0.4 is 4.90 Å². The molecule has 0 aromatic carbocycles. The number of aromatic nitrogens is 2. The van der Waals surface area contributed by atoms with E-state index in [0.717, 1.165) is 26.2 Å². The maximum absolute atomic E-state index is 11.5. The topological polar surface area (TPSA) is 62.5 Å². The highest BCUT2D eigenvalue weighted by Gasteiger charge is 2.22. The summed E-state index contributed by atoms with van der Waals surface area (Å²) in [5.41, 5.74) is 0. The number of carbonyl (C=O) groups is 1. The highest BCUT2D eigenvalue weighted by atomic mass is 16.4. The summed E-state index contributed by atoms with van der Waals surface area (Å²) in [6, 6.07) is 0.557. The van der Waals surface area contributed by atoms with E-state index < -0.39 is 0 Å². The number of carbonyl (C=O) groups excluding carboxylic acids is 1. The number of hydrogen-bond acceptors (Lipinski definition) is 5. The first kappa shape index (κ1) is 10.9. The van der Waals surface area contributed by atoms with Gasteiger partial charge in [0, 0.05) is 39.5 Å². The molecule has 2 rings (SSSR count). The predicted molar refractivity (Wildman–Crippen MR) is 58.1 cm³/mol. The van der Waals surface area contributed by atoms with Gasteiger partial charge in [-0.05, 0) is 0 Å². The molecule has 0 saturated carbocycles. The quantitative estimate of drug-likeness (QED) is 0.729. The Balaban J connectivity index is 1.92. The molecular weight excluding hydrogens is 208 g/mol. The van der Waals surface area contributed by atoms with Crippen molar-refractivity contribution in [3.05, 3.63) is 5.89 Å². The summed E-state index contributed by atoms with van der Waals surface area (Å²) in [6.07, 6.45) is 0.569. The summed E-state index contributed by atoms with van der Waals surface area (Å²) in [7, 11) is 0. The molecule has 6 heteroatoms. The van der Waals surface area contributed by atoms with Gasteiger partial charge in [0.25, 0.3) is 0 Å². The maximum Gasteiger partial charge on any atom is 0.318 e. The first-order valence-corrected chi connectivity index (χ1v) is 5.53. The molecule has 0 radical (unpaired) electrons. The van der Waals surface area contributed by atoms with Crippen LogP contribution in [0.5, 0.6) is 0 Å². The van der Waals surface area contributed by atoms with Crippen LogP contribution in [0.3, 0.4) is 0 Å². The van der Waals surface area contributed by atoms with Crippen molar-refractivity contribution in [1.82, 2.24) is 15.1 Å². The Morgan fingerprint density at radius 2 is 2.00 bits per heavy atom. The van der Waals surface area contributed by atoms with Gasteiger partial charge in [0.2, 0.25) is 11.8 Å². The highest BCUT2D eigenvalue weighted by molar-refractivity contribution is 5.76. The van der Waals surface area contributed by atoms with Gasteiger partial charge in [-0.2, -0.15) is 0 Å². The van der Waals surface area contributed by atoms with Crippen LogP contribution in [0.25, 0.3) is 0 Å². The molecule has 0 unspecified atom stereocenters. The van der Waals surface area contributed by atoms with Gasteiger partial charge in [0.05, 0.1) is 0 Å². The molecule has 6 nitrogen and oxygen atoms in total. The van der Waals surface area contributed by atoms with Crippen molar-refractivity contribution < 1.29 is 9.21 Å². The zero-order chi connectivity index (χ0) is 11.5. The summed E-state index contributed by atoms with van der Waals surface area (Å²) in [4.78, 5) is 15.4. The number of aryl methyl sites for hydroxylation is 1. The van der Waals surface area contributed by atoms with Gasteiger partial charge in [-0.3, -0.25) is 4.79 Å². The lowest BCUT2D eigenvalue weighted by molar-refractivity contribution is -0.131. The Hall–Kier alpha value is -1.59. The van der Waals surface area contributed by atoms with Gasteiger partial charge in [0.1, 0.15) is 0 Å². The van der Waals surface area contributed by atoms with E-state index in [-0.39, 0.29) is 5.91 Å². The third-order valence-corrected chi connectivity index (χ3v) is 2.72. The molecule has 16 heavy (non-hydrogen) atoms. The molecule has 1 amide bonds. The largest absolute Gasteiger partial charge is 0.408 e. The second-order valence-electron chi connectivity index (χ2n) is 3.83. The molecule has 0 atom stereocenters. The molecule has 1 aromatic heterocycles. The van der Waals surface area contributed by atoms with Crippen LogP contribution in [0.4, 0.5) is 6.01 Å². The number of rotatable bonds is 2. The fourth-order valence-electron chi connectivity index (χ4n) is 1.78.